The minimum atomic E-state index is -0.0656. The molecule has 2 aliphatic rings. The van der Waals surface area contributed by atoms with Crippen molar-refractivity contribution in [2.75, 3.05) is 33.0 Å². The molecule has 1 aromatic carbocycles. The van der Waals surface area contributed by atoms with E-state index in [0.717, 1.165) is 17.2 Å². The second-order valence-electron chi connectivity index (χ2n) is 6.05. The minimum absolute atomic E-state index is 0.0490. The van der Waals surface area contributed by atoms with Crippen LogP contribution in [0.5, 0.6) is 11.5 Å². The Bertz CT molecular complexity index is 845. The van der Waals surface area contributed by atoms with E-state index in [1.165, 1.54) is 0 Å². The van der Waals surface area contributed by atoms with Gasteiger partial charge >= 0.3 is 0 Å². The Hall–Kier alpha value is -2.68. The second kappa shape index (κ2) is 6.91. The molecule has 0 spiro atoms. The summed E-state index contributed by atoms with van der Waals surface area (Å²) in [5.74, 6) is 1.13. The van der Waals surface area contributed by atoms with Crippen LogP contribution in [0.2, 0.25) is 0 Å². The Morgan fingerprint density at radius 1 is 1.08 bits per heavy atom. The van der Waals surface area contributed by atoms with Gasteiger partial charge in [0, 0.05) is 31.7 Å². The number of nitrogens with zero attached hydrogens (tertiary/aromatic N) is 4. The number of hydrogen-bond acceptors (Lipinski definition) is 7. The van der Waals surface area contributed by atoms with Crippen LogP contribution in [0.4, 0.5) is 0 Å². The second-order valence-corrected chi connectivity index (χ2v) is 6.81. The summed E-state index contributed by atoms with van der Waals surface area (Å²) in [6, 6.07) is 5.20. The summed E-state index contributed by atoms with van der Waals surface area (Å²) < 4.78 is 14.5. The first kappa shape index (κ1) is 16.8. The van der Waals surface area contributed by atoms with Crippen LogP contribution in [0.3, 0.4) is 0 Å². The molecule has 8 nitrogen and oxygen atoms in total. The lowest BCUT2D eigenvalue weighted by Crippen LogP contribution is -2.50. The number of aromatic nitrogens is 2. The number of piperazine rings is 1. The zero-order valence-electron chi connectivity index (χ0n) is 14.3. The highest BCUT2D eigenvalue weighted by molar-refractivity contribution is 7.08. The lowest BCUT2D eigenvalue weighted by atomic mass is 10.1. The van der Waals surface area contributed by atoms with Gasteiger partial charge in [-0.3, -0.25) is 9.59 Å². The van der Waals surface area contributed by atoms with Crippen LogP contribution >= 0.6 is 11.5 Å². The van der Waals surface area contributed by atoms with Crippen molar-refractivity contribution in [2.24, 2.45) is 0 Å². The number of aryl methyl sites for hydroxylation is 1. The standard InChI is InChI=1S/C17H18N4O4S/c1-2-12-15(26-19-18-12)17(23)21-7-5-20(6-8-21)16(22)11-3-4-13-14(9-11)25-10-24-13/h3-4,9H,2,5-8,10H2,1H3. The van der Waals surface area contributed by atoms with Gasteiger partial charge < -0.3 is 19.3 Å². The van der Waals surface area contributed by atoms with Gasteiger partial charge in [0.15, 0.2) is 11.5 Å². The molecule has 1 fully saturated rings. The van der Waals surface area contributed by atoms with E-state index in [4.69, 9.17) is 9.47 Å². The highest BCUT2D eigenvalue weighted by Gasteiger charge is 2.28. The molecular weight excluding hydrogens is 356 g/mol. The van der Waals surface area contributed by atoms with Gasteiger partial charge in [0.2, 0.25) is 6.79 Å². The topological polar surface area (TPSA) is 84.9 Å². The van der Waals surface area contributed by atoms with Crippen molar-refractivity contribution in [2.45, 2.75) is 13.3 Å². The molecule has 26 heavy (non-hydrogen) atoms. The quantitative estimate of drug-likeness (QED) is 0.808. The molecule has 0 bridgehead atoms. The first-order valence-corrected chi connectivity index (χ1v) is 9.24. The average Bonchev–Trinajstić information content (AvgIpc) is 3.35. The van der Waals surface area contributed by atoms with E-state index in [0.29, 0.717) is 54.5 Å². The van der Waals surface area contributed by atoms with Gasteiger partial charge in [-0.05, 0) is 36.2 Å². The third-order valence-electron chi connectivity index (χ3n) is 4.56. The van der Waals surface area contributed by atoms with Gasteiger partial charge in [0.05, 0.1) is 5.69 Å². The summed E-state index contributed by atoms with van der Waals surface area (Å²) in [6.45, 7) is 4.11. The SMILES string of the molecule is CCc1nnsc1C(=O)N1CCN(C(=O)c2ccc3c(c2)OCO3)CC1. The smallest absolute Gasteiger partial charge is 0.267 e. The van der Waals surface area contributed by atoms with Crippen LogP contribution in [0.1, 0.15) is 32.6 Å². The summed E-state index contributed by atoms with van der Waals surface area (Å²) in [6.07, 6.45) is 0.681. The number of benzene rings is 1. The Kier molecular flexibility index (Phi) is 4.46. The predicted molar refractivity (Wildman–Crippen MR) is 93.7 cm³/mol. The molecule has 0 aliphatic carbocycles. The van der Waals surface area contributed by atoms with Crippen molar-refractivity contribution < 1.29 is 19.1 Å². The number of ether oxygens (including phenoxy) is 2. The molecular formula is C17H18N4O4S. The molecule has 9 heteroatoms. The number of hydrogen-bond donors (Lipinski definition) is 0. The number of fused-ring (bicyclic) bond motifs is 1. The maximum Gasteiger partial charge on any atom is 0.267 e. The molecule has 0 atom stereocenters. The van der Waals surface area contributed by atoms with E-state index in [9.17, 15) is 9.59 Å². The molecule has 0 radical (unpaired) electrons. The van der Waals surface area contributed by atoms with Crippen molar-refractivity contribution in [3.8, 4) is 11.5 Å². The van der Waals surface area contributed by atoms with Crippen LogP contribution in [0.15, 0.2) is 18.2 Å². The fourth-order valence-corrected chi connectivity index (χ4v) is 3.79. The molecule has 136 valence electrons. The lowest BCUT2D eigenvalue weighted by molar-refractivity contribution is 0.0537. The van der Waals surface area contributed by atoms with E-state index in [1.807, 2.05) is 6.92 Å². The summed E-state index contributed by atoms with van der Waals surface area (Å²) in [5, 5.41) is 4.00. The van der Waals surface area contributed by atoms with Crippen LogP contribution in [-0.2, 0) is 6.42 Å². The van der Waals surface area contributed by atoms with Crippen LogP contribution in [-0.4, -0.2) is 64.2 Å². The minimum Gasteiger partial charge on any atom is -0.454 e. The van der Waals surface area contributed by atoms with Crippen molar-refractivity contribution >= 4 is 23.3 Å². The largest absolute Gasteiger partial charge is 0.454 e. The van der Waals surface area contributed by atoms with E-state index < -0.39 is 0 Å². The summed E-state index contributed by atoms with van der Waals surface area (Å²) >= 11 is 1.13. The average molecular weight is 374 g/mol. The Labute approximate surface area is 154 Å². The summed E-state index contributed by atoms with van der Waals surface area (Å²) in [7, 11) is 0. The maximum atomic E-state index is 12.7. The molecule has 0 N–H and O–H groups in total. The summed E-state index contributed by atoms with van der Waals surface area (Å²) in [5.41, 5.74) is 1.30. The Morgan fingerprint density at radius 3 is 2.50 bits per heavy atom. The predicted octanol–water partition coefficient (Wildman–Crippen LogP) is 1.43. The van der Waals surface area contributed by atoms with E-state index in [2.05, 4.69) is 9.59 Å². The fourth-order valence-electron chi connectivity index (χ4n) is 3.07. The molecule has 2 aliphatic heterocycles. The highest BCUT2D eigenvalue weighted by atomic mass is 32.1. The molecule has 1 aromatic heterocycles. The van der Waals surface area contributed by atoms with Gasteiger partial charge in [0.25, 0.3) is 11.8 Å². The molecule has 2 aromatic rings. The van der Waals surface area contributed by atoms with Crippen LogP contribution < -0.4 is 9.47 Å². The third-order valence-corrected chi connectivity index (χ3v) is 5.31. The zero-order chi connectivity index (χ0) is 18.1. The molecule has 4 rings (SSSR count). The van der Waals surface area contributed by atoms with Crippen LogP contribution in [0, 0.1) is 0 Å². The van der Waals surface area contributed by atoms with Gasteiger partial charge in [0.1, 0.15) is 4.88 Å². The Morgan fingerprint density at radius 2 is 1.77 bits per heavy atom. The number of amides is 2. The van der Waals surface area contributed by atoms with Crippen LogP contribution in [0.25, 0.3) is 0 Å². The third kappa shape index (κ3) is 2.98. The first-order valence-electron chi connectivity index (χ1n) is 8.46. The van der Waals surface area contributed by atoms with Gasteiger partial charge in [-0.25, -0.2) is 0 Å². The molecule has 1 saturated heterocycles. The van der Waals surface area contributed by atoms with Gasteiger partial charge in [-0.2, -0.15) is 0 Å². The van der Waals surface area contributed by atoms with Gasteiger partial charge in [-0.1, -0.05) is 11.4 Å². The molecule has 3 heterocycles. The monoisotopic (exact) mass is 374 g/mol. The van der Waals surface area contributed by atoms with Gasteiger partial charge in [-0.15, -0.1) is 5.10 Å². The first-order chi connectivity index (χ1) is 12.7. The number of carbonyl (C=O) groups excluding carboxylic acids is 2. The number of rotatable bonds is 3. The fraction of sp³-hybridized carbons (Fsp3) is 0.412. The van der Waals surface area contributed by atoms with Crippen molar-refractivity contribution in [1.29, 1.82) is 0 Å². The Balaban J connectivity index is 1.40. The van der Waals surface area contributed by atoms with E-state index in [-0.39, 0.29) is 18.6 Å². The molecule has 0 saturated carbocycles. The highest BCUT2D eigenvalue weighted by Crippen LogP contribution is 2.32. The normalized spacial score (nSPS) is 16.0. The van der Waals surface area contributed by atoms with Crippen molar-refractivity contribution in [3.63, 3.8) is 0 Å². The van der Waals surface area contributed by atoms with Crippen molar-refractivity contribution in [3.05, 3.63) is 34.3 Å². The molecule has 2 amide bonds. The lowest BCUT2D eigenvalue weighted by Gasteiger charge is -2.34. The van der Waals surface area contributed by atoms with E-state index >= 15 is 0 Å². The van der Waals surface area contributed by atoms with Crippen molar-refractivity contribution in [1.82, 2.24) is 19.4 Å². The zero-order valence-corrected chi connectivity index (χ0v) is 15.1. The summed E-state index contributed by atoms with van der Waals surface area (Å²) in [4.78, 5) is 29.5. The maximum absolute atomic E-state index is 12.7. The van der Waals surface area contributed by atoms with E-state index in [1.54, 1.807) is 28.0 Å². The number of carbonyl (C=O) groups is 2. The molecule has 0 unspecified atom stereocenters.